The van der Waals surface area contributed by atoms with Crippen molar-refractivity contribution >= 4 is 8.80 Å². The van der Waals surface area contributed by atoms with E-state index >= 15 is 0 Å². The standard InChI is InChI=1S/C11H25N2O2Si/c1-5-14-11(15-6-2)12-7-9-16(11)10-8-13(3)4/h12H,5-10H2,1-4H3. The number of rotatable bonds is 7. The summed E-state index contributed by atoms with van der Waals surface area (Å²) in [5.74, 6) is 0. The van der Waals surface area contributed by atoms with Gasteiger partial charge in [0.05, 0.1) is 0 Å². The highest BCUT2D eigenvalue weighted by Gasteiger charge is 2.45. The van der Waals surface area contributed by atoms with Crippen molar-refractivity contribution in [2.24, 2.45) is 0 Å². The average molecular weight is 245 g/mol. The molecule has 0 aliphatic carbocycles. The Bertz CT molecular complexity index is 196. The molecule has 0 saturated carbocycles. The molecule has 0 bridgehead atoms. The topological polar surface area (TPSA) is 33.7 Å². The minimum Gasteiger partial charge on any atom is -0.342 e. The highest BCUT2D eigenvalue weighted by Crippen LogP contribution is 2.25. The van der Waals surface area contributed by atoms with Crippen LogP contribution in [0.4, 0.5) is 0 Å². The minimum atomic E-state index is -0.627. The Morgan fingerprint density at radius 1 is 1.25 bits per heavy atom. The molecule has 1 N–H and O–H groups in total. The summed E-state index contributed by atoms with van der Waals surface area (Å²) in [6.45, 7) is 7.64. The summed E-state index contributed by atoms with van der Waals surface area (Å²) in [6.07, 6.45) is 0. The average Bonchev–Trinajstić information content (AvgIpc) is 2.59. The molecule has 16 heavy (non-hydrogen) atoms. The molecule has 4 nitrogen and oxygen atoms in total. The van der Waals surface area contributed by atoms with E-state index in [1.54, 1.807) is 0 Å². The van der Waals surface area contributed by atoms with Gasteiger partial charge in [0.25, 0.3) is 0 Å². The first-order valence-corrected chi connectivity index (χ1v) is 8.09. The summed E-state index contributed by atoms with van der Waals surface area (Å²) in [4.78, 5) is 2.23. The van der Waals surface area contributed by atoms with E-state index in [0.29, 0.717) is 13.2 Å². The van der Waals surface area contributed by atoms with Crippen molar-refractivity contribution in [3.63, 3.8) is 0 Å². The third kappa shape index (κ3) is 3.53. The third-order valence-electron chi connectivity index (χ3n) is 2.81. The van der Waals surface area contributed by atoms with Crippen molar-refractivity contribution < 1.29 is 9.47 Å². The van der Waals surface area contributed by atoms with Gasteiger partial charge in [-0.25, -0.2) is 0 Å². The summed E-state index contributed by atoms with van der Waals surface area (Å²) in [5.41, 5.74) is -0.426. The van der Waals surface area contributed by atoms with E-state index in [2.05, 4.69) is 24.3 Å². The van der Waals surface area contributed by atoms with E-state index in [-0.39, 0.29) is 0 Å². The van der Waals surface area contributed by atoms with Crippen molar-refractivity contribution in [3.8, 4) is 0 Å². The molecule has 1 aliphatic rings. The number of nitrogens with one attached hydrogen (secondary N) is 1. The van der Waals surface area contributed by atoms with Crippen LogP contribution in [0.3, 0.4) is 0 Å². The molecule has 5 heteroatoms. The fourth-order valence-electron chi connectivity index (χ4n) is 2.07. The van der Waals surface area contributed by atoms with Crippen LogP contribution in [0, 0.1) is 0 Å². The molecule has 0 aromatic rings. The Labute approximate surface area is 101 Å². The summed E-state index contributed by atoms with van der Waals surface area (Å²) >= 11 is 0. The molecule has 0 amide bonds. The van der Waals surface area contributed by atoms with E-state index in [1.165, 1.54) is 12.1 Å². The van der Waals surface area contributed by atoms with E-state index in [0.717, 1.165) is 13.1 Å². The van der Waals surface area contributed by atoms with Crippen LogP contribution in [0.5, 0.6) is 0 Å². The van der Waals surface area contributed by atoms with Crippen LogP contribution in [-0.2, 0) is 9.47 Å². The predicted molar refractivity (Wildman–Crippen MR) is 67.9 cm³/mol. The lowest BCUT2D eigenvalue weighted by Gasteiger charge is -2.34. The second-order valence-corrected chi connectivity index (χ2v) is 7.18. The fourth-order valence-corrected chi connectivity index (χ4v) is 5.19. The van der Waals surface area contributed by atoms with Crippen LogP contribution in [0.15, 0.2) is 0 Å². The second-order valence-electron chi connectivity index (χ2n) is 4.32. The quantitative estimate of drug-likeness (QED) is 0.534. The van der Waals surface area contributed by atoms with Gasteiger partial charge in [-0.3, -0.25) is 5.32 Å². The van der Waals surface area contributed by atoms with Crippen molar-refractivity contribution in [2.45, 2.75) is 31.5 Å². The van der Waals surface area contributed by atoms with Crippen LogP contribution in [0.25, 0.3) is 0 Å². The van der Waals surface area contributed by atoms with Gasteiger partial charge >= 0.3 is 0 Å². The highest BCUT2D eigenvalue weighted by atomic mass is 28.3. The van der Waals surface area contributed by atoms with Crippen molar-refractivity contribution in [1.82, 2.24) is 10.2 Å². The maximum absolute atomic E-state index is 5.87. The first-order chi connectivity index (χ1) is 7.64. The largest absolute Gasteiger partial charge is 0.342 e. The molecule has 1 fully saturated rings. The SMILES string of the molecule is CCOC1(OCC)NCC[Si]1CCN(C)C. The van der Waals surface area contributed by atoms with E-state index in [1.807, 2.05) is 13.8 Å². The Hall–Kier alpha value is 0.0569. The smallest absolute Gasteiger partial charge is 0.202 e. The predicted octanol–water partition coefficient (Wildman–Crippen LogP) is 0.912. The summed E-state index contributed by atoms with van der Waals surface area (Å²) in [6, 6.07) is 2.45. The zero-order valence-corrected chi connectivity index (χ0v) is 12.0. The fraction of sp³-hybridized carbons (Fsp3) is 1.00. The van der Waals surface area contributed by atoms with E-state index in [9.17, 15) is 0 Å². The molecule has 1 radical (unpaired) electrons. The normalized spacial score (nSPS) is 20.8. The van der Waals surface area contributed by atoms with Crippen LogP contribution >= 0.6 is 0 Å². The van der Waals surface area contributed by atoms with Gasteiger partial charge in [-0.15, -0.1) is 0 Å². The molecule has 0 aromatic carbocycles. The molecule has 0 unspecified atom stereocenters. The number of nitrogens with zero attached hydrogens (tertiary/aromatic N) is 1. The molecule has 1 saturated heterocycles. The summed E-state index contributed by atoms with van der Waals surface area (Å²) < 4.78 is 11.7. The molecular formula is C11H25N2O2Si. The van der Waals surface area contributed by atoms with Gasteiger partial charge in [-0.05, 0) is 53.1 Å². The maximum atomic E-state index is 5.87. The highest BCUT2D eigenvalue weighted by molar-refractivity contribution is 6.62. The molecular weight excluding hydrogens is 220 g/mol. The van der Waals surface area contributed by atoms with Gasteiger partial charge < -0.3 is 14.4 Å². The monoisotopic (exact) mass is 245 g/mol. The van der Waals surface area contributed by atoms with Gasteiger partial charge in [0, 0.05) is 13.2 Å². The zero-order valence-electron chi connectivity index (χ0n) is 11.0. The molecule has 1 rings (SSSR count). The number of ether oxygens (including phenoxy) is 2. The molecule has 95 valence electrons. The van der Waals surface area contributed by atoms with E-state index in [4.69, 9.17) is 9.47 Å². The van der Waals surface area contributed by atoms with Gasteiger partial charge in [0.1, 0.15) is 8.80 Å². The van der Waals surface area contributed by atoms with Crippen LogP contribution in [0.1, 0.15) is 13.8 Å². The maximum Gasteiger partial charge on any atom is 0.202 e. The van der Waals surface area contributed by atoms with Crippen LogP contribution < -0.4 is 5.32 Å². The molecule has 0 aromatic heterocycles. The molecule has 1 heterocycles. The lowest BCUT2D eigenvalue weighted by atomic mass is 10.7. The van der Waals surface area contributed by atoms with Gasteiger partial charge in [-0.2, -0.15) is 0 Å². The minimum absolute atomic E-state index is 0.426. The first kappa shape index (κ1) is 14.1. The van der Waals surface area contributed by atoms with Crippen molar-refractivity contribution in [3.05, 3.63) is 0 Å². The number of hydrogen-bond acceptors (Lipinski definition) is 4. The van der Waals surface area contributed by atoms with Gasteiger partial charge in [0.15, 0.2) is 0 Å². The van der Waals surface area contributed by atoms with Crippen LogP contribution in [-0.4, -0.2) is 59.6 Å². The van der Waals surface area contributed by atoms with Crippen molar-refractivity contribution in [1.29, 1.82) is 0 Å². The molecule has 0 atom stereocenters. The van der Waals surface area contributed by atoms with Crippen molar-refractivity contribution in [2.75, 3.05) is 40.4 Å². The Morgan fingerprint density at radius 3 is 2.38 bits per heavy atom. The van der Waals surface area contributed by atoms with Gasteiger partial charge in [0.2, 0.25) is 5.53 Å². The lowest BCUT2D eigenvalue weighted by molar-refractivity contribution is -0.191. The first-order valence-electron chi connectivity index (χ1n) is 6.17. The molecule has 1 aliphatic heterocycles. The third-order valence-corrected chi connectivity index (χ3v) is 5.88. The Morgan fingerprint density at radius 2 is 1.88 bits per heavy atom. The number of hydrogen-bond donors (Lipinski definition) is 1. The Kier molecular flexibility index (Phi) is 5.92. The Balaban J connectivity index is 2.57. The summed E-state index contributed by atoms with van der Waals surface area (Å²) in [7, 11) is 3.61. The zero-order chi connectivity index (χ0) is 12.0. The summed E-state index contributed by atoms with van der Waals surface area (Å²) in [5, 5.41) is 3.43. The molecule has 0 spiro atoms. The lowest BCUT2D eigenvalue weighted by Crippen LogP contribution is -2.55. The van der Waals surface area contributed by atoms with Gasteiger partial charge in [-0.1, -0.05) is 0 Å². The van der Waals surface area contributed by atoms with E-state index < -0.39 is 14.3 Å². The van der Waals surface area contributed by atoms with Crippen LogP contribution in [0.2, 0.25) is 12.1 Å². The second kappa shape index (κ2) is 6.71.